The van der Waals surface area contributed by atoms with Crippen molar-refractivity contribution in [2.75, 3.05) is 6.67 Å². The quantitative estimate of drug-likeness (QED) is 0.872. The summed E-state index contributed by atoms with van der Waals surface area (Å²) in [6.07, 6.45) is 2.21. The normalized spacial score (nSPS) is 11.1. The molecule has 0 aliphatic rings. The summed E-state index contributed by atoms with van der Waals surface area (Å²) in [6, 6.07) is 4.89. The zero-order chi connectivity index (χ0) is 13.8. The highest BCUT2D eigenvalue weighted by Crippen LogP contribution is 2.19. The van der Waals surface area contributed by atoms with Gasteiger partial charge in [-0.3, -0.25) is 4.39 Å². The zero-order valence-electron chi connectivity index (χ0n) is 10.9. The van der Waals surface area contributed by atoms with Gasteiger partial charge < -0.3 is 9.67 Å². The molecule has 5 heteroatoms. The molecule has 1 aromatic heterocycles. The average Bonchev–Trinajstić information content (AvgIpc) is 2.73. The summed E-state index contributed by atoms with van der Waals surface area (Å²) >= 11 is 0. The van der Waals surface area contributed by atoms with Crippen LogP contribution in [0.5, 0.6) is 0 Å². The van der Waals surface area contributed by atoms with Gasteiger partial charge in [-0.15, -0.1) is 0 Å². The van der Waals surface area contributed by atoms with Crippen LogP contribution in [-0.2, 0) is 13.0 Å². The van der Waals surface area contributed by atoms with E-state index in [1.807, 2.05) is 4.57 Å². The Bertz CT molecular complexity index is 592. The van der Waals surface area contributed by atoms with Crippen molar-refractivity contribution in [3.8, 4) is 0 Å². The summed E-state index contributed by atoms with van der Waals surface area (Å²) in [7, 11) is 0. The van der Waals surface area contributed by atoms with E-state index in [0.29, 0.717) is 18.5 Å². The first-order valence-electron chi connectivity index (χ1n) is 6.45. The Kier molecular flexibility index (Phi) is 4.14. The molecule has 0 saturated heterocycles. The van der Waals surface area contributed by atoms with Crippen LogP contribution in [0, 0.1) is 0 Å². The number of carbonyl (C=O) groups is 1. The molecular formula is C14H17FN2O2. The van der Waals surface area contributed by atoms with Crippen LogP contribution in [0.25, 0.3) is 11.0 Å². The van der Waals surface area contributed by atoms with Crippen molar-refractivity contribution in [1.29, 1.82) is 0 Å². The van der Waals surface area contributed by atoms with Gasteiger partial charge in [-0.1, -0.05) is 6.92 Å². The molecule has 2 rings (SSSR count). The topological polar surface area (TPSA) is 55.1 Å². The molecule has 4 nitrogen and oxygen atoms in total. The average molecular weight is 264 g/mol. The molecule has 0 amide bonds. The Balaban J connectivity index is 2.49. The Morgan fingerprint density at radius 1 is 1.47 bits per heavy atom. The van der Waals surface area contributed by atoms with Gasteiger partial charge in [0.25, 0.3) is 0 Å². The van der Waals surface area contributed by atoms with Gasteiger partial charge in [-0.25, -0.2) is 9.78 Å². The monoisotopic (exact) mass is 264 g/mol. The SMILES string of the molecule is CCCc1nc2cc(C(=O)O)ccc2n1CCCF. The van der Waals surface area contributed by atoms with Gasteiger partial charge in [-0.2, -0.15) is 0 Å². The number of halogens is 1. The van der Waals surface area contributed by atoms with Crippen LogP contribution in [0.3, 0.4) is 0 Å². The molecule has 0 fully saturated rings. The van der Waals surface area contributed by atoms with Crippen LogP contribution in [0.4, 0.5) is 4.39 Å². The number of aryl methyl sites for hydroxylation is 2. The molecule has 102 valence electrons. The number of hydrogen-bond acceptors (Lipinski definition) is 2. The minimum Gasteiger partial charge on any atom is -0.478 e. The van der Waals surface area contributed by atoms with E-state index < -0.39 is 5.97 Å². The number of carboxylic acid groups (broad SMARTS) is 1. The van der Waals surface area contributed by atoms with Gasteiger partial charge in [0, 0.05) is 13.0 Å². The maximum atomic E-state index is 12.4. The lowest BCUT2D eigenvalue weighted by Crippen LogP contribution is -2.04. The summed E-state index contributed by atoms with van der Waals surface area (Å²) in [5, 5.41) is 8.98. The second-order valence-corrected chi connectivity index (χ2v) is 4.48. The minimum absolute atomic E-state index is 0.227. The largest absolute Gasteiger partial charge is 0.478 e. The fraction of sp³-hybridized carbons (Fsp3) is 0.429. The molecule has 0 spiro atoms. The number of aromatic nitrogens is 2. The molecule has 0 bridgehead atoms. The summed E-state index contributed by atoms with van der Waals surface area (Å²) in [4.78, 5) is 15.4. The second kappa shape index (κ2) is 5.82. The minimum atomic E-state index is -0.961. The predicted molar refractivity (Wildman–Crippen MR) is 71.3 cm³/mol. The third-order valence-electron chi connectivity index (χ3n) is 3.06. The molecule has 0 radical (unpaired) electrons. The maximum absolute atomic E-state index is 12.4. The first-order chi connectivity index (χ1) is 9.17. The number of hydrogen-bond donors (Lipinski definition) is 1. The van der Waals surface area contributed by atoms with E-state index in [2.05, 4.69) is 11.9 Å². The van der Waals surface area contributed by atoms with E-state index in [9.17, 15) is 9.18 Å². The number of nitrogens with zero attached hydrogens (tertiary/aromatic N) is 2. The second-order valence-electron chi connectivity index (χ2n) is 4.48. The van der Waals surface area contributed by atoms with Crippen LogP contribution in [0.15, 0.2) is 18.2 Å². The molecule has 0 aliphatic heterocycles. The van der Waals surface area contributed by atoms with Gasteiger partial charge >= 0.3 is 5.97 Å². The predicted octanol–water partition coefficient (Wildman–Crippen LogP) is 3.05. The van der Waals surface area contributed by atoms with Gasteiger partial charge in [-0.05, 0) is 31.0 Å². The van der Waals surface area contributed by atoms with Crippen molar-refractivity contribution in [3.63, 3.8) is 0 Å². The standard InChI is InChI=1S/C14H17FN2O2/c1-2-4-13-16-11-9-10(14(18)19)5-6-12(11)17(13)8-3-7-15/h5-6,9H,2-4,7-8H2,1H3,(H,18,19). The lowest BCUT2D eigenvalue weighted by molar-refractivity contribution is 0.0697. The summed E-state index contributed by atoms with van der Waals surface area (Å²) in [5.74, 6) is -0.0641. The first-order valence-corrected chi connectivity index (χ1v) is 6.45. The highest BCUT2D eigenvalue weighted by atomic mass is 19.1. The molecule has 1 aromatic carbocycles. The molecule has 2 aromatic rings. The van der Waals surface area contributed by atoms with Crippen LogP contribution in [0.1, 0.15) is 35.9 Å². The molecule has 0 unspecified atom stereocenters. The van der Waals surface area contributed by atoms with Crippen LogP contribution in [-0.4, -0.2) is 27.3 Å². The van der Waals surface area contributed by atoms with Gasteiger partial charge in [0.05, 0.1) is 23.3 Å². The number of carboxylic acids is 1. The number of fused-ring (bicyclic) bond motifs is 1. The van der Waals surface area contributed by atoms with Crippen molar-refractivity contribution in [2.24, 2.45) is 0 Å². The van der Waals surface area contributed by atoms with E-state index in [-0.39, 0.29) is 12.2 Å². The maximum Gasteiger partial charge on any atom is 0.335 e. The van der Waals surface area contributed by atoms with Gasteiger partial charge in [0.15, 0.2) is 0 Å². The third kappa shape index (κ3) is 2.75. The van der Waals surface area contributed by atoms with Crippen LogP contribution >= 0.6 is 0 Å². The lowest BCUT2D eigenvalue weighted by Gasteiger charge is -2.07. The van der Waals surface area contributed by atoms with Crippen molar-refractivity contribution in [1.82, 2.24) is 9.55 Å². The Morgan fingerprint density at radius 3 is 2.89 bits per heavy atom. The number of aromatic carboxylic acids is 1. The van der Waals surface area contributed by atoms with E-state index in [0.717, 1.165) is 24.2 Å². The summed E-state index contributed by atoms with van der Waals surface area (Å²) < 4.78 is 14.4. The number of benzene rings is 1. The van der Waals surface area contributed by atoms with E-state index in [1.165, 1.54) is 0 Å². The Morgan fingerprint density at radius 2 is 2.26 bits per heavy atom. The molecule has 1 heterocycles. The third-order valence-corrected chi connectivity index (χ3v) is 3.06. The molecule has 1 N–H and O–H groups in total. The van der Waals surface area contributed by atoms with Gasteiger partial charge in [0.1, 0.15) is 5.82 Å². The van der Waals surface area contributed by atoms with Crippen molar-refractivity contribution in [3.05, 3.63) is 29.6 Å². The van der Waals surface area contributed by atoms with Crippen LogP contribution < -0.4 is 0 Å². The van der Waals surface area contributed by atoms with Crippen molar-refractivity contribution in [2.45, 2.75) is 32.7 Å². The molecule has 0 atom stereocenters. The fourth-order valence-electron chi connectivity index (χ4n) is 2.19. The molecule has 19 heavy (non-hydrogen) atoms. The fourth-order valence-corrected chi connectivity index (χ4v) is 2.19. The van der Waals surface area contributed by atoms with Crippen molar-refractivity contribution >= 4 is 17.0 Å². The molecular weight excluding hydrogens is 247 g/mol. The highest BCUT2D eigenvalue weighted by molar-refractivity contribution is 5.92. The first kappa shape index (κ1) is 13.5. The summed E-state index contributed by atoms with van der Waals surface area (Å²) in [6.45, 7) is 2.27. The number of rotatable bonds is 6. The lowest BCUT2D eigenvalue weighted by atomic mass is 10.2. The zero-order valence-corrected chi connectivity index (χ0v) is 10.9. The Hall–Kier alpha value is -1.91. The molecule has 0 aliphatic carbocycles. The van der Waals surface area contributed by atoms with E-state index >= 15 is 0 Å². The van der Waals surface area contributed by atoms with Gasteiger partial charge in [0.2, 0.25) is 0 Å². The van der Waals surface area contributed by atoms with E-state index in [4.69, 9.17) is 5.11 Å². The summed E-state index contributed by atoms with van der Waals surface area (Å²) in [5.41, 5.74) is 1.77. The van der Waals surface area contributed by atoms with Crippen LogP contribution in [0.2, 0.25) is 0 Å². The highest BCUT2D eigenvalue weighted by Gasteiger charge is 2.12. The van der Waals surface area contributed by atoms with E-state index in [1.54, 1.807) is 18.2 Å². The smallest absolute Gasteiger partial charge is 0.335 e. The number of imidazole rings is 1. The Labute approximate surface area is 110 Å². The molecule has 0 saturated carbocycles. The van der Waals surface area contributed by atoms with Crippen molar-refractivity contribution < 1.29 is 14.3 Å². The number of alkyl halides is 1.